The van der Waals surface area contributed by atoms with Gasteiger partial charge < -0.3 is 20.4 Å². The number of aryl methyl sites for hydroxylation is 1. The molecule has 1 aromatic heterocycles. The second-order valence-corrected chi connectivity index (χ2v) is 5.82. The van der Waals surface area contributed by atoms with Crippen LogP contribution in [0.1, 0.15) is 18.7 Å². The van der Waals surface area contributed by atoms with Crippen molar-refractivity contribution in [3.8, 4) is 0 Å². The Hall–Kier alpha value is -1.99. The van der Waals surface area contributed by atoms with Gasteiger partial charge in [0.15, 0.2) is 0 Å². The molecule has 1 amide bonds. The number of amides is 1. The lowest BCUT2D eigenvalue weighted by molar-refractivity contribution is -0.131. The minimum atomic E-state index is -0.405. The summed E-state index contributed by atoms with van der Waals surface area (Å²) in [5.74, 6) is 0.395. The maximum absolute atomic E-state index is 13.2. The second-order valence-electron chi connectivity index (χ2n) is 5.82. The molecular formula is C16H21FN4O2. The number of benzene rings is 1. The lowest BCUT2D eigenvalue weighted by Gasteiger charge is -2.12. The number of ether oxygens (including phenoxy) is 1. The Morgan fingerprint density at radius 1 is 1.52 bits per heavy atom. The van der Waals surface area contributed by atoms with Crippen LogP contribution in [0.15, 0.2) is 18.2 Å². The quantitative estimate of drug-likeness (QED) is 0.857. The fourth-order valence-corrected chi connectivity index (χ4v) is 2.93. The van der Waals surface area contributed by atoms with Crippen LogP contribution >= 0.6 is 0 Å². The smallest absolute Gasteiger partial charge is 0.249 e. The molecule has 2 atom stereocenters. The van der Waals surface area contributed by atoms with Crippen molar-refractivity contribution in [2.45, 2.75) is 31.5 Å². The first-order chi connectivity index (χ1) is 11.1. The van der Waals surface area contributed by atoms with Crippen LogP contribution in [0.25, 0.3) is 11.0 Å². The molecular weight excluding hydrogens is 299 g/mol. The lowest BCUT2D eigenvalue weighted by atomic mass is 10.2. The van der Waals surface area contributed by atoms with E-state index in [4.69, 9.17) is 10.5 Å². The standard InChI is InChI=1S/C16H21FN4O2/c1-21-13-4-2-10(17)8-12(13)20-15(21)6-7-19-16(22)14-5-3-11(9-18)23-14/h2,4,8,11,14H,3,5-7,9,18H2,1H3,(H,19,22)/t11-,14+/m1/s1. The number of nitrogens with one attached hydrogen (secondary N) is 1. The van der Waals surface area contributed by atoms with Crippen molar-refractivity contribution in [2.75, 3.05) is 13.1 Å². The van der Waals surface area contributed by atoms with Crippen molar-refractivity contribution in [2.24, 2.45) is 12.8 Å². The van der Waals surface area contributed by atoms with E-state index in [1.807, 2.05) is 11.6 Å². The molecule has 7 heteroatoms. The molecule has 3 N–H and O–H groups in total. The SMILES string of the molecule is Cn1c(CCNC(=O)[C@@H]2CC[C@H](CN)O2)nc2cc(F)ccc21. The molecule has 1 fully saturated rings. The molecule has 1 aliphatic heterocycles. The highest BCUT2D eigenvalue weighted by atomic mass is 19.1. The minimum Gasteiger partial charge on any atom is -0.364 e. The number of aromatic nitrogens is 2. The number of carbonyl (C=O) groups excluding carboxylic acids is 1. The highest BCUT2D eigenvalue weighted by molar-refractivity contribution is 5.81. The Labute approximate surface area is 133 Å². The van der Waals surface area contributed by atoms with Crippen molar-refractivity contribution in [1.29, 1.82) is 0 Å². The van der Waals surface area contributed by atoms with Crippen molar-refractivity contribution >= 4 is 16.9 Å². The summed E-state index contributed by atoms with van der Waals surface area (Å²) in [5.41, 5.74) is 7.04. The van der Waals surface area contributed by atoms with Gasteiger partial charge in [0.2, 0.25) is 5.91 Å². The number of halogens is 1. The molecule has 1 saturated heterocycles. The third-order valence-electron chi connectivity index (χ3n) is 4.25. The van der Waals surface area contributed by atoms with E-state index in [9.17, 15) is 9.18 Å². The van der Waals surface area contributed by atoms with Crippen LogP contribution in [0.3, 0.4) is 0 Å². The number of nitrogens with two attached hydrogens (primary N) is 1. The number of nitrogens with zero attached hydrogens (tertiary/aromatic N) is 2. The number of hydrogen-bond acceptors (Lipinski definition) is 4. The summed E-state index contributed by atoms with van der Waals surface area (Å²) in [6, 6.07) is 4.54. The summed E-state index contributed by atoms with van der Waals surface area (Å²) in [5, 5.41) is 2.87. The van der Waals surface area contributed by atoms with Gasteiger partial charge in [0.05, 0.1) is 17.1 Å². The molecule has 3 rings (SSSR count). The maximum Gasteiger partial charge on any atom is 0.249 e. The third-order valence-corrected chi connectivity index (χ3v) is 4.25. The first-order valence-electron chi connectivity index (χ1n) is 7.82. The van der Waals surface area contributed by atoms with E-state index in [-0.39, 0.29) is 17.8 Å². The van der Waals surface area contributed by atoms with Gasteiger partial charge in [0, 0.05) is 32.6 Å². The van der Waals surface area contributed by atoms with Crippen molar-refractivity contribution in [3.05, 3.63) is 29.8 Å². The van der Waals surface area contributed by atoms with Crippen LogP contribution in [-0.4, -0.2) is 40.8 Å². The molecule has 0 bridgehead atoms. The highest BCUT2D eigenvalue weighted by Gasteiger charge is 2.29. The largest absolute Gasteiger partial charge is 0.364 e. The number of hydrogen-bond donors (Lipinski definition) is 2. The van der Waals surface area contributed by atoms with E-state index in [0.29, 0.717) is 31.4 Å². The van der Waals surface area contributed by atoms with Crippen LogP contribution in [-0.2, 0) is 23.0 Å². The summed E-state index contributed by atoms with van der Waals surface area (Å²) in [7, 11) is 1.89. The van der Waals surface area contributed by atoms with E-state index >= 15 is 0 Å². The molecule has 1 aromatic carbocycles. The number of imidazole rings is 1. The van der Waals surface area contributed by atoms with Crippen LogP contribution in [0.2, 0.25) is 0 Å². The Balaban J connectivity index is 1.56. The zero-order valence-electron chi connectivity index (χ0n) is 13.1. The Bertz CT molecular complexity index is 715. The van der Waals surface area contributed by atoms with Crippen LogP contribution in [0, 0.1) is 5.82 Å². The Morgan fingerprint density at radius 3 is 3.09 bits per heavy atom. The topological polar surface area (TPSA) is 82.2 Å². The second kappa shape index (κ2) is 6.64. The van der Waals surface area contributed by atoms with Crippen molar-refractivity contribution in [3.63, 3.8) is 0 Å². The normalized spacial score (nSPS) is 21.0. The molecule has 0 spiro atoms. The predicted octanol–water partition coefficient (Wildman–Crippen LogP) is 0.877. The van der Waals surface area contributed by atoms with Crippen LogP contribution < -0.4 is 11.1 Å². The predicted molar refractivity (Wildman–Crippen MR) is 84.3 cm³/mol. The molecule has 0 saturated carbocycles. The average Bonchev–Trinajstić information content (AvgIpc) is 3.13. The van der Waals surface area contributed by atoms with E-state index in [2.05, 4.69) is 10.3 Å². The average molecular weight is 320 g/mol. The summed E-state index contributed by atoms with van der Waals surface area (Å²) < 4.78 is 20.7. The van der Waals surface area contributed by atoms with Gasteiger partial charge in [-0.15, -0.1) is 0 Å². The van der Waals surface area contributed by atoms with Gasteiger partial charge in [-0.25, -0.2) is 9.37 Å². The highest BCUT2D eigenvalue weighted by Crippen LogP contribution is 2.19. The first-order valence-corrected chi connectivity index (χ1v) is 7.82. The van der Waals surface area contributed by atoms with Crippen LogP contribution in [0.5, 0.6) is 0 Å². The van der Waals surface area contributed by atoms with Crippen LogP contribution in [0.4, 0.5) is 4.39 Å². The number of carbonyl (C=O) groups is 1. The zero-order valence-corrected chi connectivity index (χ0v) is 13.1. The Morgan fingerprint density at radius 2 is 2.35 bits per heavy atom. The van der Waals surface area contributed by atoms with Gasteiger partial charge in [0.1, 0.15) is 17.7 Å². The zero-order chi connectivity index (χ0) is 16.4. The van der Waals surface area contributed by atoms with Gasteiger partial charge in [-0.1, -0.05) is 0 Å². The summed E-state index contributed by atoms with van der Waals surface area (Å²) in [6.07, 6.45) is 1.69. The monoisotopic (exact) mass is 320 g/mol. The fraction of sp³-hybridized carbons (Fsp3) is 0.500. The molecule has 6 nitrogen and oxygen atoms in total. The van der Waals surface area contributed by atoms with Crippen molar-refractivity contribution < 1.29 is 13.9 Å². The molecule has 23 heavy (non-hydrogen) atoms. The van der Waals surface area contributed by atoms with E-state index < -0.39 is 6.10 Å². The minimum absolute atomic E-state index is 0.0134. The van der Waals surface area contributed by atoms with Gasteiger partial charge in [-0.3, -0.25) is 4.79 Å². The van der Waals surface area contributed by atoms with E-state index in [1.54, 1.807) is 6.07 Å². The molecule has 0 unspecified atom stereocenters. The van der Waals surface area contributed by atoms with Gasteiger partial charge >= 0.3 is 0 Å². The molecule has 0 radical (unpaired) electrons. The van der Waals surface area contributed by atoms with Gasteiger partial charge in [-0.05, 0) is 25.0 Å². The molecule has 124 valence electrons. The third kappa shape index (κ3) is 3.35. The van der Waals surface area contributed by atoms with Crippen molar-refractivity contribution in [1.82, 2.24) is 14.9 Å². The maximum atomic E-state index is 13.2. The molecule has 2 heterocycles. The first kappa shape index (κ1) is 15.9. The summed E-state index contributed by atoms with van der Waals surface area (Å²) >= 11 is 0. The number of rotatable bonds is 5. The molecule has 2 aromatic rings. The van der Waals surface area contributed by atoms with Gasteiger partial charge in [0.25, 0.3) is 0 Å². The lowest BCUT2D eigenvalue weighted by Crippen LogP contribution is -2.36. The summed E-state index contributed by atoms with van der Waals surface area (Å²) in [4.78, 5) is 16.5. The van der Waals surface area contributed by atoms with Gasteiger partial charge in [-0.2, -0.15) is 0 Å². The Kier molecular flexibility index (Phi) is 4.58. The summed E-state index contributed by atoms with van der Waals surface area (Å²) in [6.45, 7) is 0.909. The number of fused-ring (bicyclic) bond motifs is 1. The van der Waals surface area contributed by atoms with E-state index in [0.717, 1.165) is 17.8 Å². The fourth-order valence-electron chi connectivity index (χ4n) is 2.93. The molecule has 0 aliphatic carbocycles. The molecule has 1 aliphatic rings. The van der Waals surface area contributed by atoms with E-state index in [1.165, 1.54) is 12.1 Å².